The third kappa shape index (κ3) is 3.72. The minimum absolute atomic E-state index is 0.0590. The molecule has 2 heterocycles. The Morgan fingerprint density at radius 2 is 1.76 bits per heavy atom. The highest BCUT2D eigenvalue weighted by Crippen LogP contribution is 2.44. The molecule has 1 unspecified atom stereocenters. The van der Waals surface area contributed by atoms with Gasteiger partial charge in [0.2, 0.25) is 0 Å². The van der Waals surface area contributed by atoms with Gasteiger partial charge in [0, 0.05) is 19.1 Å². The molecule has 8 nitrogen and oxygen atoms in total. The van der Waals surface area contributed by atoms with Gasteiger partial charge < -0.3 is 24.8 Å². The maximum Gasteiger partial charge on any atom is 0.407 e. The Morgan fingerprint density at radius 3 is 2.41 bits per heavy atom. The van der Waals surface area contributed by atoms with Crippen molar-refractivity contribution in [2.45, 2.75) is 49.8 Å². The van der Waals surface area contributed by atoms with Crippen molar-refractivity contribution in [2.75, 3.05) is 19.8 Å². The van der Waals surface area contributed by atoms with Gasteiger partial charge in [-0.1, -0.05) is 48.5 Å². The Balaban J connectivity index is 1.24. The number of nitrogens with one attached hydrogen (secondary N) is 1. The van der Waals surface area contributed by atoms with Crippen LogP contribution < -0.4 is 5.32 Å². The molecule has 178 valence electrons. The summed E-state index contributed by atoms with van der Waals surface area (Å²) in [4.78, 5) is 39.0. The third-order valence-corrected chi connectivity index (χ3v) is 7.35. The van der Waals surface area contributed by atoms with Gasteiger partial charge in [0.25, 0.3) is 5.91 Å². The Morgan fingerprint density at radius 1 is 1.12 bits per heavy atom. The zero-order valence-electron chi connectivity index (χ0n) is 19.0. The number of aliphatic carboxylic acids is 1. The molecule has 0 aromatic heterocycles. The van der Waals surface area contributed by atoms with Gasteiger partial charge in [-0.05, 0) is 48.4 Å². The van der Waals surface area contributed by atoms with E-state index < -0.39 is 35.7 Å². The minimum atomic E-state index is -1.25. The number of benzene rings is 2. The fraction of sp³-hybridized carbons (Fsp3) is 0.423. The first-order chi connectivity index (χ1) is 16.4. The maximum absolute atomic E-state index is 13.1. The van der Waals surface area contributed by atoms with Gasteiger partial charge in [0.1, 0.15) is 12.1 Å². The number of nitrogens with zero attached hydrogens (tertiary/aromatic N) is 1. The summed E-state index contributed by atoms with van der Waals surface area (Å²) in [5.41, 5.74) is 3.28. The number of amides is 2. The Labute approximate surface area is 197 Å². The van der Waals surface area contributed by atoms with Crippen molar-refractivity contribution in [1.29, 1.82) is 0 Å². The van der Waals surface area contributed by atoms with Crippen molar-refractivity contribution in [3.05, 3.63) is 59.7 Å². The number of alkyl carbamates (subject to hydrolysis) is 1. The second-order valence-electron chi connectivity index (χ2n) is 9.33. The molecule has 2 aliphatic heterocycles. The molecule has 0 bridgehead atoms. The van der Waals surface area contributed by atoms with E-state index in [1.165, 1.54) is 4.90 Å². The molecule has 5 rings (SSSR count). The van der Waals surface area contributed by atoms with Crippen LogP contribution in [-0.4, -0.2) is 65.4 Å². The van der Waals surface area contributed by atoms with Crippen LogP contribution in [0.4, 0.5) is 4.79 Å². The molecule has 0 saturated carbocycles. The molecule has 1 aliphatic carbocycles. The highest BCUT2D eigenvalue weighted by molar-refractivity contribution is 5.90. The lowest BCUT2D eigenvalue weighted by molar-refractivity contribution is -0.159. The molecular formula is C26H28N2O6. The number of hydrogen-bond acceptors (Lipinski definition) is 5. The van der Waals surface area contributed by atoms with Gasteiger partial charge in [-0.25, -0.2) is 9.59 Å². The first-order valence-corrected chi connectivity index (χ1v) is 11.7. The largest absolute Gasteiger partial charge is 0.480 e. The van der Waals surface area contributed by atoms with E-state index in [9.17, 15) is 19.5 Å². The van der Waals surface area contributed by atoms with Crippen LogP contribution in [0.25, 0.3) is 11.1 Å². The summed E-state index contributed by atoms with van der Waals surface area (Å²) in [5.74, 6) is -1.49. The van der Waals surface area contributed by atoms with E-state index in [1.807, 2.05) is 24.3 Å². The third-order valence-electron chi connectivity index (χ3n) is 7.35. The number of ether oxygens (including phenoxy) is 2. The fourth-order valence-corrected chi connectivity index (χ4v) is 5.46. The average molecular weight is 465 g/mol. The fourth-order valence-electron chi connectivity index (χ4n) is 5.46. The lowest BCUT2D eigenvalue weighted by Gasteiger charge is -2.34. The molecule has 8 heteroatoms. The van der Waals surface area contributed by atoms with Crippen LogP contribution >= 0.6 is 0 Å². The van der Waals surface area contributed by atoms with Crippen LogP contribution in [0, 0.1) is 0 Å². The van der Waals surface area contributed by atoms with E-state index in [0.29, 0.717) is 32.4 Å². The molecule has 3 aliphatic rings. The Kier molecular flexibility index (Phi) is 5.77. The number of carbonyl (C=O) groups is 3. The smallest absolute Gasteiger partial charge is 0.407 e. The molecule has 2 saturated heterocycles. The number of fused-ring (bicyclic) bond motifs is 3. The maximum atomic E-state index is 13.1. The van der Waals surface area contributed by atoms with E-state index in [1.54, 1.807) is 6.92 Å². The van der Waals surface area contributed by atoms with Crippen LogP contribution in [0.2, 0.25) is 0 Å². The lowest BCUT2D eigenvalue weighted by Crippen LogP contribution is -2.57. The molecule has 2 fully saturated rings. The molecule has 3 atom stereocenters. The number of carboxylic acid groups (broad SMARTS) is 1. The number of likely N-dealkylation sites (tertiary alicyclic amines) is 1. The lowest BCUT2D eigenvalue weighted by atomic mass is 9.98. The van der Waals surface area contributed by atoms with Crippen molar-refractivity contribution in [3.8, 4) is 11.1 Å². The minimum Gasteiger partial charge on any atom is -0.480 e. The van der Waals surface area contributed by atoms with Crippen molar-refractivity contribution < 1.29 is 29.0 Å². The van der Waals surface area contributed by atoms with Crippen LogP contribution in [0.5, 0.6) is 0 Å². The summed E-state index contributed by atoms with van der Waals surface area (Å²) in [5, 5.41) is 12.4. The number of carboxylic acids is 1. The highest BCUT2D eigenvalue weighted by Gasteiger charge is 2.50. The Hall–Kier alpha value is -3.39. The predicted molar refractivity (Wildman–Crippen MR) is 123 cm³/mol. The average Bonchev–Trinajstić information content (AvgIpc) is 3.54. The van der Waals surface area contributed by atoms with E-state index in [2.05, 4.69) is 29.6 Å². The van der Waals surface area contributed by atoms with Crippen molar-refractivity contribution >= 4 is 18.0 Å². The predicted octanol–water partition coefficient (Wildman–Crippen LogP) is 3.15. The van der Waals surface area contributed by atoms with Crippen molar-refractivity contribution in [2.24, 2.45) is 0 Å². The topological polar surface area (TPSA) is 105 Å². The molecule has 2 amide bonds. The monoisotopic (exact) mass is 464 g/mol. The van der Waals surface area contributed by atoms with E-state index >= 15 is 0 Å². The summed E-state index contributed by atoms with van der Waals surface area (Å²) in [6.45, 7) is 2.40. The van der Waals surface area contributed by atoms with Gasteiger partial charge in [0.05, 0.1) is 6.04 Å². The summed E-state index contributed by atoms with van der Waals surface area (Å²) < 4.78 is 11.2. The van der Waals surface area contributed by atoms with E-state index in [-0.39, 0.29) is 12.5 Å². The summed E-state index contributed by atoms with van der Waals surface area (Å²) in [6, 6.07) is 15.6. The van der Waals surface area contributed by atoms with Gasteiger partial charge in [-0.3, -0.25) is 4.79 Å². The van der Waals surface area contributed by atoms with Gasteiger partial charge in [-0.15, -0.1) is 0 Å². The second kappa shape index (κ2) is 8.76. The number of hydrogen-bond donors (Lipinski definition) is 2. The second-order valence-corrected chi connectivity index (χ2v) is 9.33. The zero-order valence-corrected chi connectivity index (χ0v) is 19.0. The number of carbonyl (C=O) groups excluding carboxylic acids is 2. The molecule has 0 spiro atoms. The quantitative estimate of drug-likeness (QED) is 0.704. The van der Waals surface area contributed by atoms with Gasteiger partial charge in [0.15, 0.2) is 6.10 Å². The molecule has 0 radical (unpaired) electrons. The first-order valence-electron chi connectivity index (χ1n) is 11.7. The Bertz CT molecular complexity index is 1090. The van der Waals surface area contributed by atoms with Crippen molar-refractivity contribution in [1.82, 2.24) is 10.2 Å². The summed E-state index contributed by atoms with van der Waals surface area (Å²) in [7, 11) is 0. The summed E-state index contributed by atoms with van der Waals surface area (Å²) in [6.07, 6.45) is -0.0651. The summed E-state index contributed by atoms with van der Waals surface area (Å²) >= 11 is 0. The normalized spacial score (nSPS) is 25.6. The highest BCUT2D eigenvalue weighted by atomic mass is 16.6. The molecule has 2 aromatic rings. The standard InChI is InChI=1S/C26H28N2O6/c1-26(24(30)31)12-6-13-28(26)23(29)22-21(11-14-33-22)27-25(32)34-15-20-18-9-4-2-7-16(18)17-8-3-5-10-19(17)20/h2-5,7-10,20-22H,6,11-15H2,1H3,(H,27,32)(H,30,31)/t21-,22+,26?/m0/s1. The molecular weight excluding hydrogens is 436 g/mol. The molecule has 34 heavy (non-hydrogen) atoms. The van der Waals surface area contributed by atoms with E-state index in [0.717, 1.165) is 22.3 Å². The van der Waals surface area contributed by atoms with Gasteiger partial charge >= 0.3 is 12.1 Å². The SMILES string of the molecule is CC1(C(=O)O)CCCN1C(=O)[C@@H]1OCC[C@@H]1NC(=O)OCC1c2ccccc2-c2ccccc21. The first kappa shape index (κ1) is 22.4. The zero-order chi connectivity index (χ0) is 23.9. The molecule has 2 aromatic carbocycles. The van der Waals surface area contributed by atoms with E-state index in [4.69, 9.17) is 9.47 Å². The van der Waals surface area contributed by atoms with Crippen LogP contribution in [0.1, 0.15) is 43.2 Å². The number of rotatable bonds is 5. The molecule has 2 N–H and O–H groups in total. The van der Waals surface area contributed by atoms with Crippen LogP contribution in [-0.2, 0) is 19.1 Å². The van der Waals surface area contributed by atoms with Crippen molar-refractivity contribution in [3.63, 3.8) is 0 Å². The van der Waals surface area contributed by atoms with Crippen LogP contribution in [0.15, 0.2) is 48.5 Å². The van der Waals surface area contributed by atoms with Crippen LogP contribution in [0.3, 0.4) is 0 Å². The van der Waals surface area contributed by atoms with Gasteiger partial charge in [-0.2, -0.15) is 0 Å².